The number of nitrogens with one attached hydrogen (secondary N) is 1. The summed E-state index contributed by atoms with van der Waals surface area (Å²) in [5, 5.41) is 3.36. The van der Waals surface area contributed by atoms with Crippen LogP contribution < -0.4 is 14.8 Å². The van der Waals surface area contributed by atoms with E-state index in [1.165, 1.54) is 12.8 Å². The Morgan fingerprint density at radius 3 is 2.68 bits per heavy atom. The number of allylic oxidation sites excluding steroid dienone is 1. The van der Waals surface area contributed by atoms with E-state index in [-0.39, 0.29) is 11.7 Å². The molecule has 2 aliphatic rings. The number of fused-ring (bicyclic) bond motifs is 1. The first-order valence-corrected chi connectivity index (χ1v) is 9.48. The number of benzene rings is 1. The van der Waals surface area contributed by atoms with Gasteiger partial charge in [0.25, 0.3) is 0 Å². The topological polar surface area (TPSA) is 47.6 Å². The molecule has 1 aromatic rings. The van der Waals surface area contributed by atoms with Gasteiger partial charge in [0.2, 0.25) is 0 Å². The Balaban J connectivity index is 1.89. The molecule has 0 spiro atoms. The third-order valence-corrected chi connectivity index (χ3v) is 4.90. The van der Waals surface area contributed by atoms with Gasteiger partial charge in [-0.05, 0) is 45.7 Å². The maximum atomic E-state index is 12.8. The minimum absolute atomic E-state index is 0.161. The second-order valence-corrected chi connectivity index (χ2v) is 7.48. The summed E-state index contributed by atoms with van der Waals surface area (Å²) in [5.41, 5.74) is 1.21. The van der Waals surface area contributed by atoms with Crippen LogP contribution in [0.3, 0.4) is 0 Å². The summed E-state index contributed by atoms with van der Waals surface area (Å²) in [5.74, 6) is 1.94. The largest absolute Gasteiger partial charge is 0.494 e. The molecule has 1 fully saturated rings. The van der Waals surface area contributed by atoms with Gasteiger partial charge < -0.3 is 14.8 Å². The van der Waals surface area contributed by atoms with Gasteiger partial charge in [0, 0.05) is 23.6 Å². The van der Waals surface area contributed by atoms with Crippen molar-refractivity contribution in [3.8, 4) is 11.5 Å². The van der Waals surface area contributed by atoms with Crippen molar-refractivity contribution in [2.75, 3.05) is 6.61 Å². The first kappa shape index (κ1) is 17.8. The SMILES string of the molecule is CCOc1ccc2c(c1)OC(C)(C)N/C2=C/C(=O)C1CCCCCC1. The summed E-state index contributed by atoms with van der Waals surface area (Å²) >= 11 is 0. The zero-order valence-corrected chi connectivity index (χ0v) is 15.6. The van der Waals surface area contributed by atoms with Crippen molar-refractivity contribution in [1.82, 2.24) is 5.32 Å². The predicted molar refractivity (Wildman–Crippen MR) is 99.6 cm³/mol. The van der Waals surface area contributed by atoms with Crippen LogP contribution in [0.15, 0.2) is 24.3 Å². The molecule has 0 amide bonds. The summed E-state index contributed by atoms with van der Waals surface area (Å²) in [4.78, 5) is 12.8. The average molecular weight is 343 g/mol. The van der Waals surface area contributed by atoms with E-state index in [0.717, 1.165) is 48.4 Å². The van der Waals surface area contributed by atoms with Crippen LogP contribution in [0.4, 0.5) is 0 Å². The lowest BCUT2D eigenvalue weighted by molar-refractivity contribution is -0.118. The van der Waals surface area contributed by atoms with E-state index in [9.17, 15) is 4.79 Å². The van der Waals surface area contributed by atoms with Crippen LogP contribution in [0, 0.1) is 5.92 Å². The number of hydrogen-bond donors (Lipinski definition) is 1. The van der Waals surface area contributed by atoms with Crippen LogP contribution in [-0.4, -0.2) is 18.1 Å². The Labute approximate surface area is 150 Å². The van der Waals surface area contributed by atoms with Gasteiger partial charge in [0.1, 0.15) is 11.5 Å². The molecule has 0 aromatic heterocycles. The van der Waals surface area contributed by atoms with Crippen molar-refractivity contribution in [2.45, 2.75) is 65.0 Å². The highest BCUT2D eigenvalue weighted by Gasteiger charge is 2.30. The molecular weight excluding hydrogens is 314 g/mol. The van der Waals surface area contributed by atoms with E-state index in [1.54, 1.807) is 6.08 Å². The van der Waals surface area contributed by atoms with Gasteiger partial charge in [-0.3, -0.25) is 4.79 Å². The highest BCUT2D eigenvalue weighted by molar-refractivity contribution is 5.98. The smallest absolute Gasteiger partial charge is 0.175 e. The summed E-state index contributed by atoms with van der Waals surface area (Å²) in [7, 11) is 0. The fraction of sp³-hybridized carbons (Fsp3) is 0.571. The monoisotopic (exact) mass is 343 g/mol. The van der Waals surface area contributed by atoms with E-state index >= 15 is 0 Å². The van der Waals surface area contributed by atoms with Crippen molar-refractivity contribution in [1.29, 1.82) is 0 Å². The lowest BCUT2D eigenvalue weighted by Crippen LogP contribution is -2.46. The molecule has 1 aliphatic carbocycles. The van der Waals surface area contributed by atoms with Crippen molar-refractivity contribution in [3.63, 3.8) is 0 Å². The molecule has 136 valence electrons. The van der Waals surface area contributed by atoms with Crippen molar-refractivity contribution >= 4 is 11.5 Å². The van der Waals surface area contributed by atoms with Gasteiger partial charge in [0.15, 0.2) is 11.5 Å². The number of ether oxygens (including phenoxy) is 2. The molecule has 0 unspecified atom stereocenters. The molecule has 0 radical (unpaired) electrons. The molecule has 25 heavy (non-hydrogen) atoms. The summed E-state index contributed by atoms with van der Waals surface area (Å²) in [6, 6.07) is 5.80. The summed E-state index contributed by atoms with van der Waals surface area (Å²) < 4.78 is 11.6. The Morgan fingerprint density at radius 2 is 2.00 bits per heavy atom. The van der Waals surface area contributed by atoms with E-state index in [0.29, 0.717) is 6.61 Å². The van der Waals surface area contributed by atoms with E-state index in [1.807, 2.05) is 39.0 Å². The molecule has 1 N–H and O–H groups in total. The predicted octanol–water partition coefficient (Wildman–Crippen LogP) is 4.68. The minimum Gasteiger partial charge on any atom is -0.494 e. The Hall–Kier alpha value is -1.97. The van der Waals surface area contributed by atoms with Crippen LogP contribution in [0.1, 0.15) is 64.9 Å². The van der Waals surface area contributed by atoms with Gasteiger partial charge in [-0.25, -0.2) is 0 Å². The number of hydrogen-bond acceptors (Lipinski definition) is 4. The Morgan fingerprint density at radius 1 is 1.28 bits per heavy atom. The standard InChI is InChI=1S/C21H29NO3/c1-4-24-16-11-12-17-18(22-21(2,3)25-20(17)13-16)14-19(23)15-9-7-5-6-8-10-15/h11-15,22H,4-10H2,1-3H3/b18-14+. The van der Waals surface area contributed by atoms with E-state index < -0.39 is 5.72 Å². The molecule has 4 nitrogen and oxygen atoms in total. The lowest BCUT2D eigenvalue weighted by atomic mass is 9.93. The van der Waals surface area contributed by atoms with E-state index in [2.05, 4.69) is 5.32 Å². The molecule has 3 rings (SSSR count). The summed E-state index contributed by atoms with van der Waals surface area (Å²) in [6.07, 6.45) is 8.65. The number of ketones is 1. The molecule has 1 aliphatic heterocycles. The normalized spacial score (nSPS) is 21.6. The molecule has 1 saturated carbocycles. The highest BCUT2D eigenvalue weighted by Crippen LogP contribution is 2.36. The fourth-order valence-electron chi connectivity index (χ4n) is 3.70. The first-order valence-electron chi connectivity index (χ1n) is 9.48. The van der Waals surface area contributed by atoms with E-state index in [4.69, 9.17) is 9.47 Å². The minimum atomic E-state index is -0.562. The second-order valence-electron chi connectivity index (χ2n) is 7.48. The van der Waals surface area contributed by atoms with Crippen LogP contribution in [-0.2, 0) is 4.79 Å². The van der Waals surface area contributed by atoms with Crippen LogP contribution >= 0.6 is 0 Å². The maximum Gasteiger partial charge on any atom is 0.175 e. The number of carbonyl (C=O) groups is 1. The van der Waals surface area contributed by atoms with Gasteiger partial charge in [-0.1, -0.05) is 25.7 Å². The molecule has 4 heteroatoms. The number of rotatable bonds is 4. The fourth-order valence-corrected chi connectivity index (χ4v) is 3.70. The average Bonchev–Trinajstić information content (AvgIpc) is 2.83. The third-order valence-electron chi connectivity index (χ3n) is 4.90. The molecule has 0 bridgehead atoms. The van der Waals surface area contributed by atoms with Crippen LogP contribution in [0.5, 0.6) is 11.5 Å². The molecular formula is C21H29NO3. The molecule has 0 atom stereocenters. The van der Waals surface area contributed by atoms with Crippen molar-refractivity contribution < 1.29 is 14.3 Å². The number of carbonyl (C=O) groups excluding carboxylic acids is 1. The lowest BCUT2D eigenvalue weighted by Gasteiger charge is -2.36. The van der Waals surface area contributed by atoms with Gasteiger partial charge in [0.05, 0.1) is 12.3 Å². The summed E-state index contributed by atoms with van der Waals surface area (Å²) in [6.45, 7) is 6.51. The quantitative estimate of drug-likeness (QED) is 0.637. The van der Waals surface area contributed by atoms with Gasteiger partial charge in [-0.15, -0.1) is 0 Å². The van der Waals surface area contributed by atoms with Gasteiger partial charge >= 0.3 is 0 Å². The molecule has 1 heterocycles. The van der Waals surface area contributed by atoms with Crippen LogP contribution in [0.25, 0.3) is 5.70 Å². The Kier molecular flexibility index (Phi) is 5.36. The zero-order valence-electron chi connectivity index (χ0n) is 15.6. The first-order chi connectivity index (χ1) is 12.0. The third kappa shape index (κ3) is 4.36. The molecule has 1 aromatic carbocycles. The second kappa shape index (κ2) is 7.51. The van der Waals surface area contributed by atoms with Crippen molar-refractivity contribution in [2.24, 2.45) is 5.92 Å². The van der Waals surface area contributed by atoms with Crippen molar-refractivity contribution in [3.05, 3.63) is 29.8 Å². The zero-order chi connectivity index (χ0) is 17.9. The molecule has 0 saturated heterocycles. The van der Waals surface area contributed by atoms with Crippen LogP contribution in [0.2, 0.25) is 0 Å². The maximum absolute atomic E-state index is 12.8. The highest BCUT2D eigenvalue weighted by atomic mass is 16.5. The Bertz CT molecular complexity index is 655. The van der Waals surface area contributed by atoms with Gasteiger partial charge in [-0.2, -0.15) is 0 Å².